The van der Waals surface area contributed by atoms with Gasteiger partial charge >= 0.3 is 6.09 Å². The summed E-state index contributed by atoms with van der Waals surface area (Å²) < 4.78 is 89.5. The van der Waals surface area contributed by atoms with Crippen LogP contribution in [0.5, 0.6) is 0 Å². The van der Waals surface area contributed by atoms with E-state index in [0.29, 0.717) is 0 Å². The van der Waals surface area contributed by atoms with Gasteiger partial charge in [0.2, 0.25) is 0 Å². The standard InChI is InChI=1S/C9H18N2O4S/c1-9(2,3)15-8(12)10-11-4-6-16(13,14)7-5-11/h4-7H2,1-3H3,(H,10,12)/i4D2,5D2,6D2,7D2. The average molecular weight is 258 g/mol. The second-order valence-corrected chi connectivity index (χ2v) is 5.30. The van der Waals surface area contributed by atoms with E-state index in [1.807, 2.05) is 0 Å². The van der Waals surface area contributed by atoms with Crippen LogP contribution in [0.3, 0.4) is 0 Å². The molecular formula is C9H18N2O4S. The molecule has 1 heterocycles. The Morgan fingerprint density at radius 3 is 2.31 bits per heavy atom. The molecule has 1 aliphatic heterocycles. The zero-order valence-corrected chi connectivity index (χ0v) is 9.80. The Balaban J connectivity index is 3.46. The first-order chi connectivity index (χ1) is 10.2. The minimum atomic E-state index is -5.58. The van der Waals surface area contributed by atoms with Crippen LogP contribution in [0.25, 0.3) is 0 Å². The van der Waals surface area contributed by atoms with Crippen LogP contribution in [-0.2, 0) is 14.6 Å². The van der Waals surface area contributed by atoms with E-state index >= 15 is 0 Å². The lowest BCUT2D eigenvalue weighted by Crippen LogP contribution is -2.51. The topological polar surface area (TPSA) is 75.7 Å². The van der Waals surface area contributed by atoms with E-state index < -0.39 is 45.9 Å². The van der Waals surface area contributed by atoms with E-state index in [1.54, 1.807) is 5.43 Å². The number of hydrazine groups is 1. The lowest BCUT2D eigenvalue weighted by Gasteiger charge is -2.28. The second kappa shape index (κ2) is 4.58. The maximum Gasteiger partial charge on any atom is 0.422 e. The maximum absolute atomic E-state index is 12.0. The van der Waals surface area contributed by atoms with Crippen LogP contribution >= 0.6 is 0 Å². The molecule has 1 amide bonds. The Morgan fingerprint density at radius 1 is 1.38 bits per heavy atom. The van der Waals surface area contributed by atoms with Crippen molar-refractivity contribution < 1.29 is 28.9 Å². The summed E-state index contributed by atoms with van der Waals surface area (Å²) >= 11 is 0. The van der Waals surface area contributed by atoms with Crippen molar-refractivity contribution in [1.82, 2.24) is 10.4 Å². The Bertz CT molecular complexity index is 608. The van der Waals surface area contributed by atoms with Gasteiger partial charge in [-0.05, 0) is 20.8 Å². The molecule has 1 aliphatic rings. The molecule has 1 rings (SSSR count). The minimum Gasteiger partial charge on any atom is -0.443 e. The molecule has 7 heteroatoms. The lowest BCUT2D eigenvalue weighted by molar-refractivity contribution is 0.0342. The van der Waals surface area contributed by atoms with Gasteiger partial charge in [0.05, 0.1) is 11.4 Å². The van der Waals surface area contributed by atoms with Gasteiger partial charge in [-0.1, -0.05) is 0 Å². The van der Waals surface area contributed by atoms with Gasteiger partial charge in [0.1, 0.15) is 5.60 Å². The zero-order chi connectivity index (χ0) is 19.6. The molecule has 0 spiro atoms. The van der Waals surface area contributed by atoms with Gasteiger partial charge in [-0.25, -0.2) is 18.2 Å². The van der Waals surface area contributed by atoms with Crippen LogP contribution in [0.4, 0.5) is 4.79 Å². The number of amides is 1. The van der Waals surface area contributed by atoms with Gasteiger partial charge in [0.25, 0.3) is 0 Å². The smallest absolute Gasteiger partial charge is 0.422 e. The van der Waals surface area contributed by atoms with Gasteiger partial charge in [-0.2, -0.15) is 0 Å². The highest BCUT2D eigenvalue weighted by Crippen LogP contribution is 2.07. The van der Waals surface area contributed by atoms with Crippen molar-refractivity contribution in [3.8, 4) is 0 Å². The fourth-order valence-corrected chi connectivity index (χ4v) is 1.19. The van der Waals surface area contributed by atoms with Crippen molar-refractivity contribution in [3.05, 3.63) is 0 Å². The summed E-state index contributed by atoms with van der Waals surface area (Å²) in [5, 5.41) is -0.338. The fraction of sp³-hybridized carbons (Fsp3) is 0.889. The highest BCUT2D eigenvalue weighted by Gasteiger charge is 2.24. The van der Waals surface area contributed by atoms with E-state index in [-0.39, 0.29) is 5.01 Å². The van der Waals surface area contributed by atoms with Crippen LogP contribution in [0.2, 0.25) is 0 Å². The molecule has 1 N–H and O–H groups in total. The highest BCUT2D eigenvalue weighted by molar-refractivity contribution is 7.91. The van der Waals surface area contributed by atoms with Crippen LogP contribution in [-0.4, -0.2) is 49.5 Å². The third kappa shape index (κ3) is 4.80. The summed E-state index contributed by atoms with van der Waals surface area (Å²) in [5.41, 5.74) is -7.20. The number of rotatable bonds is 1. The largest absolute Gasteiger partial charge is 0.443 e. The normalized spacial score (nSPS) is 41.4. The van der Waals surface area contributed by atoms with Gasteiger partial charge in [0.15, 0.2) is 9.84 Å². The molecule has 0 aliphatic carbocycles. The maximum atomic E-state index is 12.0. The molecule has 0 aromatic carbocycles. The number of carbonyl (C=O) groups excluding carboxylic acids is 1. The quantitative estimate of drug-likeness (QED) is 0.725. The van der Waals surface area contributed by atoms with Gasteiger partial charge in [-0.3, -0.25) is 5.43 Å². The molecule has 0 saturated carbocycles. The van der Waals surface area contributed by atoms with Gasteiger partial charge < -0.3 is 4.74 Å². The summed E-state index contributed by atoms with van der Waals surface area (Å²) in [4.78, 5) is 11.8. The third-order valence-corrected chi connectivity index (χ3v) is 1.91. The van der Waals surface area contributed by atoms with Crippen LogP contribution in [0.1, 0.15) is 31.7 Å². The number of ether oxygens (including phenoxy) is 1. The van der Waals surface area contributed by atoms with E-state index in [0.717, 1.165) is 0 Å². The van der Waals surface area contributed by atoms with Crippen molar-refractivity contribution in [3.63, 3.8) is 0 Å². The van der Waals surface area contributed by atoms with E-state index in [9.17, 15) is 13.2 Å². The van der Waals surface area contributed by atoms with Crippen molar-refractivity contribution >= 4 is 15.9 Å². The molecule has 0 atom stereocenters. The molecule has 0 unspecified atom stereocenters. The summed E-state index contributed by atoms with van der Waals surface area (Å²) in [5.74, 6) is 0. The van der Waals surface area contributed by atoms with Crippen LogP contribution in [0, 0.1) is 0 Å². The number of hydrogen-bond donors (Lipinski definition) is 1. The molecule has 94 valence electrons. The van der Waals surface area contributed by atoms with Gasteiger partial charge in [0, 0.05) is 24.0 Å². The minimum absolute atomic E-state index is 0.338. The molecule has 0 aromatic rings. The molecule has 0 radical (unpaired) electrons. The predicted molar refractivity (Wildman–Crippen MR) is 59.6 cm³/mol. The first-order valence-corrected chi connectivity index (χ1v) is 5.76. The molecular weight excluding hydrogens is 232 g/mol. The Morgan fingerprint density at radius 2 is 1.88 bits per heavy atom. The Kier molecular flexibility index (Phi) is 1.63. The fourth-order valence-electron chi connectivity index (χ4n) is 0.713. The molecule has 1 saturated heterocycles. The monoisotopic (exact) mass is 258 g/mol. The van der Waals surface area contributed by atoms with Crippen molar-refractivity contribution in [2.75, 3.05) is 24.4 Å². The number of carbonyl (C=O) groups is 1. The third-order valence-electron chi connectivity index (χ3n) is 1.19. The second-order valence-electron chi connectivity index (χ2n) is 3.88. The molecule has 1 fully saturated rings. The number of nitrogens with one attached hydrogen (secondary N) is 1. The Hall–Kier alpha value is -0.820. The number of nitrogens with zero attached hydrogens (tertiary/aromatic N) is 1. The summed E-state index contributed by atoms with van der Waals surface area (Å²) in [6, 6.07) is 0. The average Bonchev–Trinajstić information content (AvgIpc) is 2.31. The van der Waals surface area contributed by atoms with E-state index in [1.165, 1.54) is 20.8 Å². The molecule has 0 aromatic heterocycles. The van der Waals surface area contributed by atoms with Crippen molar-refractivity contribution in [1.29, 1.82) is 0 Å². The number of hydrogen-bond acceptors (Lipinski definition) is 5. The molecule has 16 heavy (non-hydrogen) atoms. The van der Waals surface area contributed by atoms with Crippen molar-refractivity contribution in [2.45, 2.75) is 26.4 Å². The SMILES string of the molecule is [2H]C1([2H])N(NC(=O)OC(C)(C)C)C([2H])([2H])C([2H])([2H])S(=O)(=O)C1([2H])[2H]. The van der Waals surface area contributed by atoms with E-state index in [4.69, 9.17) is 15.7 Å². The first kappa shape index (κ1) is 5.68. The molecule has 6 nitrogen and oxygen atoms in total. The van der Waals surface area contributed by atoms with Crippen LogP contribution < -0.4 is 5.43 Å². The Labute approximate surface area is 107 Å². The van der Waals surface area contributed by atoms with Crippen LogP contribution in [0.15, 0.2) is 0 Å². The van der Waals surface area contributed by atoms with Gasteiger partial charge in [-0.15, -0.1) is 0 Å². The zero-order valence-electron chi connectivity index (χ0n) is 17.0. The van der Waals surface area contributed by atoms with Crippen molar-refractivity contribution in [2.24, 2.45) is 0 Å². The number of sulfone groups is 1. The summed E-state index contributed by atoms with van der Waals surface area (Å²) in [6.07, 6.45) is -1.40. The lowest BCUT2D eigenvalue weighted by atomic mass is 10.2. The highest BCUT2D eigenvalue weighted by atomic mass is 32.2. The molecule has 0 bridgehead atoms. The van der Waals surface area contributed by atoms with E-state index in [2.05, 4.69) is 0 Å². The first-order valence-electron chi connectivity index (χ1n) is 8.27. The predicted octanol–water partition coefficient (Wildman–Crippen LogP) is 0.157. The summed E-state index contributed by atoms with van der Waals surface area (Å²) in [6.45, 7) is -2.89. The summed E-state index contributed by atoms with van der Waals surface area (Å²) in [7, 11) is -5.58.